The van der Waals surface area contributed by atoms with Crippen LogP contribution in [-0.2, 0) is 18.2 Å². The highest BCUT2D eigenvalue weighted by Gasteiger charge is 2.12. The van der Waals surface area contributed by atoms with Crippen molar-refractivity contribution in [2.45, 2.75) is 25.3 Å². The number of fused-ring (bicyclic) bond motifs is 1. The lowest BCUT2D eigenvalue weighted by Crippen LogP contribution is -2.25. The van der Waals surface area contributed by atoms with Gasteiger partial charge < -0.3 is 10.5 Å². The lowest BCUT2D eigenvalue weighted by molar-refractivity contribution is 0.0152. The second-order valence-electron chi connectivity index (χ2n) is 4.81. The van der Waals surface area contributed by atoms with E-state index in [4.69, 9.17) is 10.5 Å². The Labute approximate surface area is 116 Å². The van der Waals surface area contributed by atoms with Gasteiger partial charge in [-0.2, -0.15) is 5.10 Å². The smallest absolute Gasteiger partial charge is 0.261 e. The molecule has 0 aliphatic rings. The minimum atomic E-state index is -2.43. The first-order chi connectivity index (χ1) is 9.58. The normalized spacial score (nSPS) is 13.2. The fourth-order valence-electron chi connectivity index (χ4n) is 2.20. The number of nitrogens with two attached hydrogens (primary N) is 1. The molecule has 0 saturated heterocycles. The molecule has 4 nitrogen and oxygen atoms in total. The van der Waals surface area contributed by atoms with Crippen LogP contribution in [0.5, 0.6) is 0 Å². The molecule has 0 spiro atoms. The van der Waals surface area contributed by atoms with Crippen LogP contribution in [0.15, 0.2) is 24.3 Å². The lowest BCUT2D eigenvalue weighted by atomic mass is 10.1. The molecule has 20 heavy (non-hydrogen) atoms. The molecule has 2 rings (SSSR count). The van der Waals surface area contributed by atoms with Crippen molar-refractivity contribution in [2.75, 3.05) is 13.2 Å². The lowest BCUT2D eigenvalue weighted by Gasteiger charge is -2.10. The van der Waals surface area contributed by atoms with Crippen molar-refractivity contribution in [3.63, 3.8) is 0 Å². The third kappa shape index (κ3) is 3.74. The maximum Gasteiger partial charge on any atom is 0.261 e. The van der Waals surface area contributed by atoms with E-state index < -0.39 is 13.0 Å². The number of aromatic nitrogens is 2. The van der Waals surface area contributed by atoms with Gasteiger partial charge in [0.15, 0.2) is 0 Å². The molecule has 2 N–H and O–H groups in total. The highest BCUT2D eigenvalue weighted by molar-refractivity contribution is 5.81. The van der Waals surface area contributed by atoms with Crippen LogP contribution in [0.25, 0.3) is 10.9 Å². The zero-order valence-corrected chi connectivity index (χ0v) is 11.4. The summed E-state index contributed by atoms with van der Waals surface area (Å²) in [5.41, 5.74) is 8.00. The van der Waals surface area contributed by atoms with Crippen LogP contribution in [0.3, 0.4) is 0 Å². The van der Waals surface area contributed by atoms with Crippen molar-refractivity contribution in [3.8, 4) is 0 Å². The Morgan fingerprint density at radius 3 is 2.85 bits per heavy atom. The van der Waals surface area contributed by atoms with E-state index in [0.29, 0.717) is 12.8 Å². The van der Waals surface area contributed by atoms with Gasteiger partial charge in [-0.3, -0.25) is 4.68 Å². The van der Waals surface area contributed by atoms with E-state index in [2.05, 4.69) is 5.10 Å². The summed E-state index contributed by atoms with van der Waals surface area (Å²) in [6.07, 6.45) is -1.28. The average molecular weight is 283 g/mol. The fourth-order valence-corrected chi connectivity index (χ4v) is 2.20. The highest BCUT2D eigenvalue weighted by atomic mass is 19.3. The van der Waals surface area contributed by atoms with Crippen LogP contribution in [0.4, 0.5) is 8.78 Å². The Morgan fingerprint density at radius 1 is 1.35 bits per heavy atom. The molecule has 1 aromatic carbocycles. The van der Waals surface area contributed by atoms with Crippen molar-refractivity contribution < 1.29 is 13.5 Å². The molecule has 2 aromatic rings. The predicted octanol–water partition coefficient (Wildman–Crippen LogP) is 2.11. The van der Waals surface area contributed by atoms with E-state index in [0.717, 1.165) is 16.6 Å². The van der Waals surface area contributed by atoms with Gasteiger partial charge in [-0.05, 0) is 12.5 Å². The quantitative estimate of drug-likeness (QED) is 0.792. The fraction of sp³-hybridized carbons (Fsp3) is 0.500. The number of aryl methyl sites for hydroxylation is 1. The highest BCUT2D eigenvalue weighted by Crippen LogP contribution is 2.18. The van der Waals surface area contributed by atoms with E-state index in [9.17, 15) is 8.78 Å². The molecular weight excluding hydrogens is 264 g/mol. The molecule has 1 atom stereocenters. The first kappa shape index (κ1) is 14.9. The SMILES string of the molecule is Cn1nc(CC(N)CCOCC(F)F)c2ccccc21. The van der Waals surface area contributed by atoms with E-state index in [1.165, 1.54) is 0 Å². The van der Waals surface area contributed by atoms with Crippen LogP contribution in [0, 0.1) is 0 Å². The number of rotatable bonds is 7. The van der Waals surface area contributed by atoms with Gasteiger partial charge >= 0.3 is 0 Å². The van der Waals surface area contributed by atoms with Crippen molar-refractivity contribution >= 4 is 10.9 Å². The zero-order valence-electron chi connectivity index (χ0n) is 11.4. The van der Waals surface area contributed by atoms with Crippen LogP contribution in [-0.4, -0.2) is 35.5 Å². The Bertz CT molecular complexity index is 556. The van der Waals surface area contributed by atoms with Crippen LogP contribution >= 0.6 is 0 Å². The Kier molecular flexibility index (Phi) is 5.03. The van der Waals surface area contributed by atoms with E-state index in [1.54, 1.807) is 0 Å². The van der Waals surface area contributed by atoms with Gasteiger partial charge in [0.25, 0.3) is 6.43 Å². The second-order valence-corrected chi connectivity index (χ2v) is 4.81. The molecular formula is C14H19F2N3O. The molecule has 0 fully saturated rings. The standard InChI is InChI=1S/C14H19F2N3O/c1-19-13-5-3-2-4-11(13)12(18-19)8-10(17)6-7-20-9-14(15)16/h2-5,10,14H,6-9,17H2,1H3. The second kappa shape index (κ2) is 6.76. The first-order valence-electron chi connectivity index (χ1n) is 6.60. The summed E-state index contributed by atoms with van der Waals surface area (Å²) in [7, 11) is 1.89. The summed E-state index contributed by atoms with van der Waals surface area (Å²) in [5, 5.41) is 5.54. The van der Waals surface area contributed by atoms with E-state index in [1.807, 2.05) is 36.0 Å². The maximum atomic E-state index is 11.9. The van der Waals surface area contributed by atoms with Crippen LogP contribution in [0.2, 0.25) is 0 Å². The number of ether oxygens (including phenoxy) is 1. The third-order valence-electron chi connectivity index (χ3n) is 3.17. The number of nitrogens with zero attached hydrogens (tertiary/aromatic N) is 2. The summed E-state index contributed by atoms with van der Waals surface area (Å²) < 4.78 is 30.5. The molecule has 0 aliphatic heterocycles. The molecule has 1 unspecified atom stereocenters. The minimum absolute atomic E-state index is 0.147. The molecule has 1 heterocycles. The molecule has 0 radical (unpaired) electrons. The summed E-state index contributed by atoms with van der Waals surface area (Å²) in [6.45, 7) is -0.282. The predicted molar refractivity (Wildman–Crippen MR) is 73.8 cm³/mol. The summed E-state index contributed by atoms with van der Waals surface area (Å²) in [4.78, 5) is 0. The Morgan fingerprint density at radius 2 is 2.10 bits per heavy atom. The van der Waals surface area contributed by atoms with Gasteiger partial charge in [-0.15, -0.1) is 0 Å². The number of hydrogen-bond acceptors (Lipinski definition) is 3. The summed E-state index contributed by atoms with van der Waals surface area (Å²) in [5.74, 6) is 0. The van der Waals surface area contributed by atoms with Crippen LogP contribution in [0.1, 0.15) is 12.1 Å². The maximum absolute atomic E-state index is 11.9. The Balaban J connectivity index is 1.91. The van der Waals surface area contributed by atoms with Gasteiger partial charge in [0.1, 0.15) is 6.61 Å². The molecule has 110 valence electrons. The van der Waals surface area contributed by atoms with Gasteiger partial charge in [0, 0.05) is 31.5 Å². The van der Waals surface area contributed by atoms with Crippen molar-refractivity contribution in [2.24, 2.45) is 12.8 Å². The van der Waals surface area contributed by atoms with Crippen molar-refractivity contribution in [1.29, 1.82) is 0 Å². The van der Waals surface area contributed by atoms with Gasteiger partial charge in [0.2, 0.25) is 0 Å². The van der Waals surface area contributed by atoms with Crippen LogP contribution < -0.4 is 5.73 Å². The Hall–Kier alpha value is -1.53. The van der Waals surface area contributed by atoms with E-state index >= 15 is 0 Å². The summed E-state index contributed by atoms with van der Waals surface area (Å²) in [6, 6.07) is 7.79. The molecule has 0 bridgehead atoms. The summed E-state index contributed by atoms with van der Waals surface area (Å²) >= 11 is 0. The van der Waals surface area contributed by atoms with Gasteiger partial charge in [-0.25, -0.2) is 8.78 Å². The largest absolute Gasteiger partial charge is 0.375 e. The first-order valence-corrected chi connectivity index (χ1v) is 6.60. The van der Waals surface area contributed by atoms with E-state index in [-0.39, 0.29) is 12.6 Å². The number of benzene rings is 1. The van der Waals surface area contributed by atoms with Crippen molar-refractivity contribution in [1.82, 2.24) is 9.78 Å². The van der Waals surface area contributed by atoms with Gasteiger partial charge in [0.05, 0.1) is 11.2 Å². The molecule has 1 aromatic heterocycles. The van der Waals surface area contributed by atoms with Crippen molar-refractivity contribution in [3.05, 3.63) is 30.0 Å². The number of hydrogen-bond donors (Lipinski definition) is 1. The molecule has 0 saturated carbocycles. The molecule has 6 heteroatoms. The average Bonchev–Trinajstić information content (AvgIpc) is 2.72. The third-order valence-corrected chi connectivity index (χ3v) is 3.17. The monoisotopic (exact) mass is 283 g/mol. The number of halogens is 2. The topological polar surface area (TPSA) is 53.1 Å². The minimum Gasteiger partial charge on any atom is -0.375 e. The van der Waals surface area contributed by atoms with Gasteiger partial charge in [-0.1, -0.05) is 18.2 Å². The number of alkyl halides is 2. The zero-order chi connectivity index (χ0) is 14.5. The molecule has 0 aliphatic carbocycles. The molecule has 0 amide bonds. The number of para-hydroxylation sites is 1.